The largest absolute Gasteiger partial charge is 0.205 e. The highest BCUT2D eigenvalue weighted by molar-refractivity contribution is 5.83. The Morgan fingerprint density at radius 3 is 2.73 bits per heavy atom. The summed E-state index contributed by atoms with van der Waals surface area (Å²) >= 11 is 0. The predicted molar refractivity (Wildman–Crippen MR) is 63.7 cm³/mol. The number of hydrogen-bond acceptors (Lipinski definition) is 0. The molecule has 1 heteroatoms. The number of aryl methyl sites for hydroxylation is 2. The zero-order valence-electron chi connectivity index (χ0n) is 9.53. The molecule has 15 heavy (non-hydrogen) atoms. The molecule has 0 amide bonds. The van der Waals surface area contributed by atoms with Gasteiger partial charge in [0.15, 0.2) is 11.9 Å². The van der Waals surface area contributed by atoms with Crippen molar-refractivity contribution in [2.75, 3.05) is 0 Å². The number of nitrogens with zero attached hydrogens (tertiary/aromatic N) is 1. The summed E-state index contributed by atoms with van der Waals surface area (Å²) in [5.41, 5.74) is 1.45. The Bertz CT molecular complexity index is 460. The van der Waals surface area contributed by atoms with E-state index in [2.05, 4.69) is 55.1 Å². The summed E-state index contributed by atoms with van der Waals surface area (Å²) < 4.78 is 2.25. The van der Waals surface area contributed by atoms with Crippen LogP contribution in [-0.2, 0) is 13.5 Å². The van der Waals surface area contributed by atoms with Gasteiger partial charge in [-0.15, -0.1) is 0 Å². The Hall–Kier alpha value is -1.37. The van der Waals surface area contributed by atoms with Crippen molar-refractivity contribution in [3.63, 3.8) is 0 Å². The average molecular weight is 200 g/mol. The van der Waals surface area contributed by atoms with Crippen LogP contribution in [0.4, 0.5) is 0 Å². The lowest BCUT2D eigenvalue weighted by atomic mass is 10.1. The zero-order valence-corrected chi connectivity index (χ0v) is 9.53. The molecule has 0 atom stereocenters. The molecule has 0 unspecified atom stereocenters. The van der Waals surface area contributed by atoms with Crippen LogP contribution in [0.3, 0.4) is 0 Å². The van der Waals surface area contributed by atoms with Crippen molar-refractivity contribution in [1.82, 2.24) is 0 Å². The maximum absolute atomic E-state index is 2.25. The first kappa shape index (κ1) is 10.2. The van der Waals surface area contributed by atoms with Gasteiger partial charge in [0.2, 0.25) is 0 Å². The lowest BCUT2D eigenvalue weighted by molar-refractivity contribution is -0.677. The van der Waals surface area contributed by atoms with Crippen LogP contribution in [0.5, 0.6) is 0 Å². The Morgan fingerprint density at radius 1 is 1.13 bits per heavy atom. The highest BCUT2D eigenvalue weighted by Crippen LogP contribution is 2.16. The third-order valence-corrected chi connectivity index (χ3v) is 2.94. The summed E-state index contributed by atoms with van der Waals surface area (Å²) in [6, 6.07) is 10.8. The fourth-order valence-corrected chi connectivity index (χ4v) is 2.03. The maximum Gasteiger partial charge on any atom is 0.188 e. The Kier molecular flexibility index (Phi) is 3.00. The molecule has 2 aromatic rings. The molecular formula is C14H18N+. The molecule has 2 rings (SSSR count). The van der Waals surface area contributed by atoms with Gasteiger partial charge in [0.25, 0.3) is 0 Å². The molecule has 0 saturated carbocycles. The molecule has 78 valence electrons. The molecule has 0 radical (unpaired) electrons. The average Bonchev–Trinajstić information content (AvgIpc) is 2.28. The van der Waals surface area contributed by atoms with Crippen LogP contribution in [0.1, 0.15) is 25.5 Å². The van der Waals surface area contributed by atoms with Crippen molar-refractivity contribution < 1.29 is 4.57 Å². The van der Waals surface area contributed by atoms with Crippen molar-refractivity contribution in [3.05, 3.63) is 42.2 Å². The van der Waals surface area contributed by atoms with Crippen molar-refractivity contribution in [1.29, 1.82) is 0 Å². The van der Waals surface area contributed by atoms with E-state index in [0.29, 0.717) is 0 Å². The van der Waals surface area contributed by atoms with Gasteiger partial charge in [-0.1, -0.05) is 31.5 Å². The second-order valence-corrected chi connectivity index (χ2v) is 4.06. The van der Waals surface area contributed by atoms with Gasteiger partial charge < -0.3 is 0 Å². The topological polar surface area (TPSA) is 3.88 Å². The molecule has 0 fully saturated rings. The van der Waals surface area contributed by atoms with Crippen molar-refractivity contribution in [2.24, 2.45) is 7.05 Å². The van der Waals surface area contributed by atoms with Gasteiger partial charge in [-0.2, -0.15) is 0 Å². The van der Waals surface area contributed by atoms with E-state index in [1.54, 1.807) is 0 Å². The third-order valence-electron chi connectivity index (χ3n) is 2.94. The molecule has 0 saturated heterocycles. The highest BCUT2D eigenvalue weighted by Gasteiger charge is 2.10. The first-order valence-corrected chi connectivity index (χ1v) is 5.69. The first-order valence-electron chi connectivity index (χ1n) is 5.69. The number of fused-ring (bicyclic) bond motifs is 1. The summed E-state index contributed by atoms with van der Waals surface area (Å²) in [6.07, 6.45) is 5.85. The quantitative estimate of drug-likeness (QED) is 0.671. The smallest absolute Gasteiger partial charge is 0.188 e. The molecule has 1 nitrogen and oxygen atoms in total. The zero-order chi connectivity index (χ0) is 10.7. The van der Waals surface area contributed by atoms with Crippen molar-refractivity contribution >= 4 is 10.8 Å². The van der Waals surface area contributed by atoms with Crippen LogP contribution in [0, 0.1) is 0 Å². The number of unbranched alkanes of at least 4 members (excludes halogenated alkanes) is 1. The van der Waals surface area contributed by atoms with Gasteiger partial charge in [-0.25, -0.2) is 4.57 Å². The summed E-state index contributed by atoms with van der Waals surface area (Å²) in [5.74, 6) is 0. The molecular weight excluding hydrogens is 182 g/mol. The van der Waals surface area contributed by atoms with E-state index in [0.717, 1.165) is 0 Å². The van der Waals surface area contributed by atoms with Crippen LogP contribution in [0.15, 0.2) is 36.5 Å². The lowest BCUT2D eigenvalue weighted by Gasteiger charge is -2.03. The van der Waals surface area contributed by atoms with Gasteiger partial charge in [-0.05, 0) is 17.9 Å². The third kappa shape index (κ3) is 2.01. The van der Waals surface area contributed by atoms with Gasteiger partial charge in [0, 0.05) is 17.9 Å². The van der Waals surface area contributed by atoms with Gasteiger partial charge in [-0.3, -0.25) is 0 Å². The van der Waals surface area contributed by atoms with E-state index in [4.69, 9.17) is 0 Å². The molecule has 0 aliphatic carbocycles. The standard InChI is InChI=1S/C14H18N/c1-3-4-9-14-13-8-6-5-7-12(13)10-11-15(14)2/h5-8,10-11H,3-4,9H2,1-2H3/q+1. The second kappa shape index (κ2) is 4.43. The minimum Gasteiger partial charge on any atom is -0.205 e. The molecule has 0 aliphatic rings. The Labute approximate surface area is 91.4 Å². The van der Waals surface area contributed by atoms with E-state index >= 15 is 0 Å². The van der Waals surface area contributed by atoms with E-state index in [9.17, 15) is 0 Å². The molecule has 1 aromatic heterocycles. The molecule has 0 aliphatic heterocycles. The maximum atomic E-state index is 2.25. The first-order chi connectivity index (χ1) is 7.33. The Balaban J connectivity index is 2.53. The number of pyridine rings is 1. The summed E-state index contributed by atoms with van der Waals surface area (Å²) in [6.45, 7) is 2.24. The van der Waals surface area contributed by atoms with E-state index in [1.807, 2.05) is 0 Å². The Morgan fingerprint density at radius 2 is 1.93 bits per heavy atom. The molecule has 1 heterocycles. The van der Waals surface area contributed by atoms with Gasteiger partial charge in [0.1, 0.15) is 7.05 Å². The number of hydrogen-bond donors (Lipinski definition) is 0. The van der Waals surface area contributed by atoms with E-state index in [1.165, 1.54) is 35.7 Å². The van der Waals surface area contributed by atoms with Crippen molar-refractivity contribution in [2.45, 2.75) is 26.2 Å². The van der Waals surface area contributed by atoms with E-state index < -0.39 is 0 Å². The minimum atomic E-state index is 1.17. The second-order valence-electron chi connectivity index (χ2n) is 4.06. The monoisotopic (exact) mass is 200 g/mol. The minimum absolute atomic E-state index is 1.17. The number of benzene rings is 1. The number of rotatable bonds is 3. The normalized spacial score (nSPS) is 10.8. The summed E-state index contributed by atoms with van der Waals surface area (Å²) in [5, 5.41) is 2.75. The van der Waals surface area contributed by atoms with Crippen molar-refractivity contribution in [3.8, 4) is 0 Å². The van der Waals surface area contributed by atoms with Crippen LogP contribution in [0.25, 0.3) is 10.8 Å². The lowest BCUT2D eigenvalue weighted by Crippen LogP contribution is -2.33. The molecule has 1 aromatic carbocycles. The molecule has 0 bridgehead atoms. The fourth-order valence-electron chi connectivity index (χ4n) is 2.03. The van der Waals surface area contributed by atoms with Crippen LogP contribution in [0.2, 0.25) is 0 Å². The van der Waals surface area contributed by atoms with Crippen LogP contribution < -0.4 is 4.57 Å². The SMILES string of the molecule is CCCCc1c2ccccc2cc[n+]1C. The van der Waals surface area contributed by atoms with Gasteiger partial charge >= 0.3 is 0 Å². The molecule has 0 spiro atoms. The van der Waals surface area contributed by atoms with E-state index in [-0.39, 0.29) is 0 Å². The summed E-state index contributed by atoms with van der Waals surface area (Å²) in [7, 11) is 2.14. The van der Waals surface area contributed by atoms with Crippen LogP contribution >= 0.6 is 0 Å². The molecule has 0 N–H and O–H groups in total. The fraction of sp³-hybridized carbons (Fsp3) is 0.357. The highest BCUT2D eigenvalue weighted by atomic mass is 14.9. The number of aromatic nitrogens is 1. The predicted octanol–water partition coefficient (Wildman–Crippen LogP) is 3.01. The van der Waals surface area contributed by atoms with Gasteiger partial charge in [0.05, 0.1) is 0 Å². The van der Waals surface area contributed by atoms with Crippen LogP contribution in [-0.4, -0.2) is 0 Å². The summed E-state index contributed by atoms with van der Waals surface area (Å²) in [4.78, 5) is 0.